The average molecular weight is 286 g/mol. The van der Waals surface area contributed by atoms with Crippen molar-refractivity contribution in [1.29, 1.82) is 0 Å². The minimum absolute atomic E-state index is 0.540. The van der Waals surface area contributed by atoms with Crippen LogP contribution in [-0.4, -0.2) is 23.1 Å². The number of nitrogens with two attached hydrogens (primary N) is 1. The topological polar surface area (TPSA) is 64.3 Å². The molecule has 0 fully saturated rings. The van der Waals surface area contributed by atoms with E-state index in [0.717, 1.165) is 24.5 Å². The Bertz CT molecular complexity index is 574. The molecule has 0 aliphatic carbocycles. The largest absolute Gasteiger partial charge is 0.477 e. The van der Waals surface area contributed by atoms with Crippen molar-refractivity contribution in [3.05, 3.63) is 47.8 Å². The molecule has 2 rings (SSSR count). The van der Waals surface area contributed by atoms with Crippen LogP contribution in [0.3, 0.4) is 0 Å². The van der Waals surface area contributed by atoms with Crippen molar-refractivity contribution in [2.24, 2.45) is 5.73 Å². The summed E-state index contributed by atoms with van der Waals surface area (Å²) in [5.41, 5.74) is 8.17. The van der Waals surface area contributed by atoms with Gasteiger partial charge in [-0.2, -0.15) is 4.98 Å². The minimum Gasteiger partial charge on any atom is -0.477 e. The highest BCUT2D eigenvalue weighted by Gasteiger charge is 2.10. The Kier molecular flexibility index (Phi) is 5.51. The summed E-state index contributed by atoms with van der Waals surface area (Å²) in [6.07, 6.45) is 3.39. The Labute approximate surface area is 125 Å². The van der Waals surface area contributed by atoms with E-state index in [1.54, 1.807) is 12.4 Å². The zero-order chi connectivity index (χ0) is 15.1. The van der Waals surface area contributed by atoms with Crippen molar-refractivity contribution >= 4 is 5.82 Å². The molecule has 0 amide bonds. The second-order valence-corrected chi connectivity index (χ2v) is 4.64. The van der Waals surface area contributed by atoms with Crippen molar-refractivity contribution < 1.29 is 4.74 Å². The van der Waals surface area contributed by atoms with Gasteiger partial charge in [0.25, 0.3) is 0 Å². The van der Waals surface area contributed by atoms with Gasteiger partial charge in [-0.15, -0.1) is 0 Å². The standard InChI is InChI=1S/C16H22N4O/c1-3-20(12-14-8-6-5-7-13(14)9-17)15-10-18-11-16(19-15)21-4-2/h5-8,10-11H,3-4,9,12,17H2,1-2H3. The molecule has 2 aromatic rings. The zero-order valence-electron chi connectivity index (χ0n) is 12.6. The molecule has 21 heavy (non-hydrogen) atoms. The SMILES string of the molecule is CCOc1cncc(N(CC)Cc2ccccc2CN)n1. The first-order valence-electron chi connectivity index (χ1n) is 7.25. The molecule has 5 nitrogen and oxygen atoms in total. The number of benzene rings is 1. The van der Waals surface area contributed by atoms with Crippen LogP contribution in [0.25, 0.3) is 0 Å². The van der Waals surface area contributed by atoms with Crippen LogP contribution in [0.1, 0.15) is 25.0 Å². The Balaban J connectivity index is 2.21. The molecule has 0 unspecified atom stereocenters. The molecule has 0 radical (unpaired) electrons. The van der Waals surface area contributed by atoms with Gasteiger partial charge in [0.15, 0.2) is 5.82 Å². The van der Waals surface area contributed by atoms with Crippen LogP contribution in [0.4, 0.5) is 5.82 Å². The Hall–Kier alpha value is -2.14. The lowest BCUT2D eigenvalue weighted by Crippen LogP contribution is -2.24. The molecule has 0 spiro atoms. The van der Waals surface area contributed by atoms with E-state index in [1.165, 1.54) is 5.56 Å². The molecule has 1 aromatic carbocycles. The highest BCUT2D eigenvalue weighted by atomic mass is 16.5. The molecule has 0 saturated carbocycles. The molecule has 0 aliphatic rings. The fourth-order valence-corrected chi connectivity index (χ4v) is 2.18. The van der Waals surface area contributed by atoms with E-state index in [1.807, 2.05) is 19.1 Å². The molecule has 0 saturated heterocycles. The van der Waals surface area contributed by atoms with Crippen molar-refractivity contribution in [3.8, 4) is 5.88 Å². The summed E-state index contributed by atoms with van der Waals surface area (Å²) in [4.78, 5) is 10.9. The van der Waals surface area contributed by atoms with Crippen LogP contribution in [0.15, 0.2) is 36.7 Å². The number of hydrogen-bond donors (Lipinski definition) is 1. The van der Waals surface area contributed by atoms with E-state index in [4.69, 9.17) is 10.5 Å². The second-order valence-electron chi connectivity index (χ2n) is 4.64. The van der Waals surface area contributed by atoms with Gasteiger partial charge in [0.2, 0.25) is 5.88 Å². The highest BCUT2D eigenvalue weighted by molar-refractivity contribution is 5.40. The molecule has 0 bridgehead atoms. The van der Waals surface area contributed by atoms with Gasteiger partial charge in [0.05, 0.1) is 19.0 Å². The number of nitrogens with zero attached hydrogens (tertiary/aromatic N) is 3. The predicted molar refractivity (Wildman–Crippen MR) is 84.3 cm³/mol. The molecular formula is C16H22N4O. The van der Waals surface area contributed by atoms with Crippen LogP contribution in [0.5, 0.6) is 5.88 Å². The van der Waals surface area contributed by atoms with Crippen LogP contribution >= 0.6 is 0 Å². The van der Waals surface area contributed by atoms with Crippen LogP contribution in [0.2, 0.25) is 0 Å². The molecule has 1 heterocycles. The van der Waals surface area contributed by atoms with E-state index in [0.29, 0.717) is 19.0 Å². The van der Waals surface area contributed by atoms with E-state index >= 15 is 0 Å². The number of aromatic nitrogens is 2. The van der Waals surface area contributed by atoms with Gasteiger partial charge >= 0.3 is 0 Å². The first-order valence-corrected chi connectivity index (χ1v) is 7.25. The normalized spacial score (nSPS) is 10.4. The third-order valence-corrected chi connectivity index (χ3v) is 3.30. The lowest BCUT2D eigenvalue weighted by Gasteiger charge is -2.23. The predicted octanol–water partition coefficient (Wildman–Crippen LogP) is 2.36. The zero-order valence-corrected chi connectivity index (χ0v) is 12.6. The highest BCUT2D eigenvalue weighted by Crippen LogP contribution is 2.18. The monoisotopic (exact) mass is 286 g/mol. The summed E-state index contributed by atoms with van der Waals surface area (Å²) in [5.74, 6) is 1.37. The quantitative estimate of drug-likeness (QED) is 0.846. The molecule has 0 aliphatic heterocycles. The minimum atomic E-state index is 0.540. The smallest absolute Gasteiger partial charge is 0.234 e. The van der Waals surface area contributed by atoms with Gasteiger partial charge in [0, 0.05) is 19.6 Å². The number of anilines is 1. The van der Waals surface area contributed by atoms with Crippen molar-refractivity contribution in [1.82, 2.24) is 9.97 Å². The van der Waals surface area contributed by atoms with Crippen LogP contribution in [0, 0.1) is 0 Å². The van der Waals surface area contributed by atoms with E-state index < -0.39 is 0 Å². The molecule has 0 atom stereocenters. The van der Waals surface area contributed by atoms with Gasteiger partial charge < -0.3 is 15.4 Å². The Morgan fingerprint density at radius 1 is 1.14 bits per heavy atom. The third kappa shape index (κ3) is 3.92. The second kappa shape index (κ2) is 7.59. The lowest BCUT2D eigenvalue weighted by atomic mass is 10.1. The molecule has 5 heteroatoms. The van der Waals surface area contributed by atoms with E-state index in [9.17, 15) is 0 Å². The fourth-order valence-electron chi connectivity index (χ4n) is 2.18. The number of ether oxygens (including phenoxy) is 1. The third-order valence-electron chi connectivity index (χ3n) is 3.30. The molecule has 2 N–H and O–H groups in total. The van der Waals surface area contributed by atoms with E-state index in [2.05, 4.69) is 33.9 Å². The maximum Gasteiger partial charge on any atom is 0.234 e. The van der Waals surface area contributed by atoms with Crippen LogP contribution in [-0.2, 0) is 13.1 Å². The van der Waals surface area contributed by atoms with Gasteiger partial charge in [-0.1, -0.05) is 24.3 Å². The Morgan fingerprint density at radius 3 is 2.57 bits per heavy atom. The maximum atomic E-state index is 5.80. The Morgan fingerprint density at radius 2 is 1.90 bits per heavy atom. The van der Waals surface area contributed by atoms with Crippen molar-refractivity contribution in [2.75, 3.05) is 18.1 Å². The van der Waals surface area contributed by atoms with Crippen molar-refractivity contribution in [2.45, 2.75) is 26.9 Å². The summed E-state index contributed by atoms with van der Waals surface area (Å²) in [5, 5.41) is 0. The first-order chi connectivity index (χ1) is 10.3. The summed E-state index contributed by atoms with van der Waals surface area (Å²) < 4.78 is 5.42. The van der Waals surface area contributed by atoms with Gasteiger partial charge in [-0.3, -0.25) is 4.98 Å². The number of hydrogen-bond acceptors (Lipinski definition) is 5. The lowest BCUT2D eigenvalue weighted by molar-refractivity contribution is 0.325. The first kappa shape index (κ1) is 15.3. The number of rotatable bonds is 7. The maximum absolute atomic E-state index is 5.80. The summed E-state index contributed by atoms with van der Waals surface area (Å²) in [7, 11) is 0. The van der Waals surface area contributed by atoms with Gasteiger partial charge in [0.1, 0.15) is 0 Å². The van der Waals surface area contributed by atoms with Crippen LogP contribution < -0.4 is 15.4 Å². The summed E-state index contributed by atoms with van der Waals surface area (Å²) >= 11 is 0. The van der Waals surface area contributed by atoms with Gasteiger partial charge in [-0.25, -0.2) is 0 Å². The van der Waals surface area contributed by atoms with Gasteiger partial charge in [-0.05, 0) is 25.0 Å². The van der Waals surface area contributed by atoms with E-state index in [-0.39, 0.29) is 0 Å². The summed E-state index contributed by atoms with van der Waals surface area (Å²) in [6, 6.07) is 8.21. The molecule has 1 aromatic heterocycles. The van der Waals surface area contributed by atoms with Crippen molar-refractivity contribution in [3.63, 3.8) is 0 Å². The average Bonchev–Trinajstić information content (AvgIpc) is 2.53. The molecule has 112 valence electrons. The summed E-state index contributed by atoms with van der Waals surface area (Å²) in [6.45, 7) is 6.75. The molecular weight excluding hydrogens is 264 g/mol. The fraction of sp³-hybridized carbons (Fsp3) is 0.375.